The number of allylic oxidation sites excluding steroid dienone is 4. The summed E-state index contributed by atoms with van der Waals surface area (Å²) in [5.74, 6) is 0.955. The summed E-state index contributed by atoms with van der Waals surface area (Å²) in [6.07, 6.45) is 5.73. The summed E-state index contributed by atoms with van der Waals surface area (Å²) in [4.78, 5) is 0. The lowest BCUT2D eigenvalue weighted by Gasteiger charge is -2.37. The average Bonchev–Trinajstić information content (AvgIpc) is 2.40. The molecule has 1 nitrogen and oxygen atoms in total. The van der Waals surface area contributed by atoms with Gasteiger partial charge in [0, 0.05) is 0 Å². The van der Waals surface area contributed by atoms with Gasteiger partial charge in [-0.25, -0.2) is 0 Å². The van der Waals surface area contributed by atoms with Gasteiger partial charge in [0.25, 0.3) is 0 Å². The van der Waals surface area contributed by atoms with Crippen molar-refractivity contribution in [3.05, 3.63) is 52.1 Å². The monoisotopic (exact) mass is 354 g/mol. The summed E-state index contributed by atoms with van der Waals surface area (Å²) in [5.41, 5.74) is 6.25. The van der Waals surface area contributed by atoms with Crippen LogP contribution < -0.4 is 0 Å². The van der Waals surface area contributed by atoms with Crippen molar-refractivity contribution >= 4 is 0 Å². The third-order valence-corrected chi connectivity index (χ3v) is 5.73. The maximum Gasteiger partial charge on any atom is 0.123 e. The molecule has 1 aliphatic rings. The van der Waals surface area contributed by atoms with Gasteiger partial charge in [-0.15, -0.1) is 0 Å². The molecule has 1 N–H and O–H groups in total. The lowest BCUT2D eigenvalue weighted by Crippen LogP contribution is -2.28. The molecule has 0 heterocycles. The van der Waals surface area contributed by atoms with E-state index in [-0.39, 0.29) is 16.2 Å². The van der Waals surface area contributed by atoms with Crippen LogP contribution in [0.2, 0.25) is 0 Å². The van der Waals surface area contributed by atoms with Gasteiger partial charge in [0.15, 0.2) is 0 Å². The molecule has 1 atom stereocenters. The van der Waals surface area contributed by atoms with Crippen LogP contribution in [0, 0.1) is 11.3 Å². The van der Waals surface area contributed by atoms with Crippen molar-refractivity contribution in [3.8, 4) is 5.75 Å². The second kappa shape index (κ2) is 6.59. The molecule has 0 fully saturated rings. The highest BCUT2D eigenvalue weighted by atomic mass is 16.3. The van der Waals surface area contributed by atoms with Gasteiger partial charge in [0.2, 0.25) is 0 Å². The molecule has 0 amide bonds. The van der Waals surface area contributed by atoms with Crippen molar-refractivity contribution in [2.45, 2.75) is 86.5 Å². The van der Waals surface area contributed by atoms with Crippen LogP contribution >= 0.6 is 0 Å². The van der Waals surface area contributed by atoms with Crippen molar-refractivity contribution in [2.75, 3.05) is 0 Å². The van der Waals surface area contributed by atoms with Gasteiger partial charge in [0.1, 0.15) is 5.75 Å². The number of rotatable bonds is 2. The topological polar surface area (TPSA) is 20.2 Å². The van der Waals surface area contributed by atoms with E-state index in [1.165, 1.54) is 16.7 Å². The summed E-state index contributed by atoms with van der Waals surface area (Å²) in [6, 6.07) is 4.47. The van der Waals surface area contributed by atoms with Crippen LogP contribution in [-0.4, -0.2) is 5.11 Å². The Morgan fingerprint density at radius 2 is 1.38 bits per heavy atom. The van der Waals surface area contributed by atoms with E-state index in [1.54, 1.807) is 0 Å². The summed E-state index contributed by atoms with van der Waals surface area (Å²) in [6.45, 7) is 22.2. The lowest BCUT2D eigenvalue weighted by atomic mass is 9.67. The fourth-order valence-corrected chi connectivity index (χ4v) is 4.39. The first-order chi connectivity index (χ1) is 11.6. The molecule has 0 aromatic heterocycles. The lowest BCUT2D eigenvalue weighted by molar-refractivity contribution is 0.317. The molecule has 0 spiro atoms. The Bertz CT molecular complexity index is 710. The Balaban J connectivity index is 2.56. The molecule has 0 radical (unpaired) electrons. The van der Waals surface area contributed by atoms with Crippen molar-refractivity contribution < 1.29 is 5.11 Å². The van der Waals surface area contributed by atoms with Crippen LogP contribution in [0.4, 0.5) is 0 Å². The Morgan fingerprint density at radius 1 is 0.923 bits per heavy atom. The predicted octanol–water partition coefficient (Wildman–Crippen LogP) is 7.08. The van der Waals surface area contributed by atoms with E-state index in [4.69, 9.17) is 0 Å². The molecule has 0 aliphatic heterocycles. The zero-order valence-corrected chi connectivity index (χ0v) is 18.5. The van der Waals surface area contributed by atoms with Gasteiger partial charge >= 0.3 is 0 Å². The van der Waals surface area contributed by atoms with Crippen molar-refractivity contribution in [2.24, 2.45) is 11.3 Å². The molecular formula is C25H38O. The quantitative estimate of drug-likeness (QED) is 0.601. The standard InChI is InChI=1S/C25H38O/c1-16-11-17(2)19(25(9,10)15-16)12-18-13-20(23(3,4)5)22(26)21(14-18)24(6,7)8/h11,13-15,19,26H,12H2,1-10H3. The van der Waals surface area contributed by atoms with Gasteiger partial charge < -0.3 is 5.11 Å². The summed E-state index contributed by atoms with van der Waals surface area (Å²) in [5, 5.41) is 11.0. The average molecular weight is 355 g/mol. The zero-order valence-electron chi connectivity index (χ0n) is 18.5. The first kappa shape index (κ1) is 20.8. The molecule has 1 unspecified atom stereocenters. The molecule has 2 rings (SSSR count). The van der Waals surface area contributed by atoms with E-state index in [2.05, 4.69) is 93.5 Å². The molecule has 1 heteroatoms. The third-order valence-electron chi connectivity index (χ3n) is 5.73. The predicted molar refractivity (Wildman–Crippen MR) is 114 cm³/mol. The van der Waals surface area contributed by atoms with E-state index in [0.717, 1.165) is 17.5 Å². The van der Waals surface area contributed by atoms with Gasteiger partial charge in [-0.05, 0) is 59.1 Å². The van der Waals surface area contributed by atoms with Crippen molar-refractivity contribution in [1.29, 1.82) is 0 Å². The molecule has 1 aromatic rings. The van der Waals surface area contributed by atoms with Crippen LogP contribution in [-0.2, 0) is 17.3 Å². The van der Waals surface area contributed by atoms with Gasteiger partial charge in [-0.2, -0.15) is 0 Å². The molecular weight excluding hydrogens is 316 g/mol. The maximum absolute atomic E-state index is 11.0. The van der Waals surface area contributed by atoms with Crippen LogP contribution in [0.15, 0.2) is 35.4 Å². The van der Waals surface area contributed by atoms with Crippen LogP contribution in [0.3, 0.4) is 0 Å². The highest BCUT2D eigenvalue weighted by Crippen LogP contribution is 2.44. The molecule has 26 heavy (non-hydrogen) atoms. The number of phenolic OH excluding ortho intramolecular Hbond substituents is 1. The van der Waals surface area contributed by atoms with Crippen LogP contribution in [0.25, 0.3) is 0 Å². The minimum Gasteiger partial charge on any atom is -0.507 e. The summed E-state index contributed by atoms with van der Waals surface area (Å²) in [7, 11) is 0. The van der Waals surface area contributed by atoms with E-state index in [1.807, 2.05) is 0 Å². The van der Waals surface area contributed by atoms with Gasteiger partial charge in [0.05, 0.1) is 0 Å². The molecule has 0 saturated carbocycles. The largest absolute Gasteiger partial charge is 0.507 e. The second-order valence-corrected chi connectivity index (χ2v) is 10.9. The number of hydrogen-bond acceptors (Lipinski definition) is 1. The van der Waals surface area contributed by atoms with E-state index in [0.29, 0.717) is 11.7 Å². The van der Waals surface area contributed by atoms with E-state index >= 15 is 0 Å². The Labute approximate surface area is 161 Å². The number of aromatic hydroxyl groups is 1. The summed E-state index contributed by atoms with van der Waals surface area (Å²) < 4.78 is 0. The number of phenols is 1. The Morgan fingerprint density at radius 3 is 1.77 bits per heavy atom. The number of benzene rings is 1. The highest BCUT2D eigenvalue weighted by Gasteiger charge is 2.33. The first-order valence-corrected chi connectivity index (χ1v) is 9.87. The zero-order chi connectivity index (χ0) is 20.1. The fourth-order valence-electron chi connectivity index (χ4n) is 4.39. The van der Waals surface area contributed by atoms with Crippen LogP contribution in [0.5, 0.6) is 5.75 Å². The van der Waals surface area contributed by atoms with Crippen LogP contribution in [0.1, 0.15) is 85.9 Å². The van der Waals surface area contributed by atoms with Gasteiger partial charge in [-0.3, -0.25) is 0 Å². The molecule has 1 aliphatic carbocycles. The van der Waals surface area contributed by atoms with Crippen molar-refractivity contribution in [1.82, 2.24) is 0 Å². The van der Waals surface area contributed by atoms with Gasteiger partial charge in [-0.1, -0.05) is 90.8 Å². The highest BCUT2D eigenvalue weighted by molar-refractivity contribution is 5.50. The fraction of sp³-hybridized carbons (Fsp3) is 0.600. The Kier molecular flexibility index (Phi) is 5.27. The Hall–Kier alpha value is -1.50. The third kappa shape index (κ3) is 4.24. The van der Waals surface area contributed by atoms with Crippen molar-refractivity contribution in [3.63, 3.8) is 0 Å². The first-order valence-electron chi connectivity index (χ1n) is 9.87. The van der Waals surface area contributed by atoms with E-state index < -0.39 is 0 Å². The second-order valence-electron chi connectivity index (χ2n) is 10.9. The SMILES string of the molecule is CC1=CC(C)(C)C(Cc2cc(C(C)(C)C)c(O)c(C(C)(C)C)c2)C(C)=C1. The molecule has 0 bridgehead atoms. The number of hydrogen-bond donors (Lipinski definition) is 1. The normalized spacial score (nSPS) is 20.6. The summed E-state index contributed by atoms with van der Waals surface area (Å²) >= 11 is 0. The smallest absolute Gasteiger partial charge is 0.123 e. The molecule has 1 aromatic carbocycles. The molecule has 0 saturated heterocycles. The maximum atomic E-state index is 11.0. The van der Waals surface area contributed by atoms with E-state index in [9.17, 15) is 5.11 Å². The minimum atomic E-state index is -0.0798. The minimum absolute atomic E-state index is 0.0798. The molecule has 144 valence electrons.